The van der Waals surface area contributed by atoms with Crippen LogP contribution in [-0.2, 0) is 14.3 Å². The molecule has 108 valence electrons. The van der Waals surface area contributed by atoms with Crippen LogP contribution in [0.4, 0.5) is 0 Å². The fourth-order valence-corrected chi connectivity index (χ4v) is 2.48. The van der Waals surface area contributed by atoms with E-state index in [0.717, 1.165) is 38.6 Å². The van der Waals surface area contributed by atoms with Gasteiger partial charge in [0.25, 0.3) is 0 Å². The van der Waals surface area contributed by atoms with Gasteiger partial charge in [0.15, 0.2) is 0 Å². The molecule has 2 aliphatic rings. The number of ether oxygens (including phenoxy) is 1. The highest BCUT2D eigenvalue weighted by Crippen LogP contribution is 2.23. The van der Waals surface area contributed by atoms with Crippen LogP contribution in [0.15, 0.2) is 0 Å². The molecular weight excluding hydrogens is 244 g/mol. The summed E-state index contributed by atoms with van der Waals surface area (Å²) in [5.74, 6) is 0.131. The van der Waals surface area contributed by atoms with Crippen LogP contribution in [0.2, 0.25) is 0 Å². The lowest BCUT2D eigenvalue weighted by atomic mass is 10.2. The molecule has 2 rings (SSSR count). The molecule has 1 N–H and O–H groups in total. The minimum Gasteiger partial charge on any atom is -0.382 e. The maximum absolute atomic E-state index is 12.1. The maximum Gasteiger partial charge on any atom is 0.243 e. The molecule has 1 aliphatic heterocycles. The first-order valence-corrected chi connectivity index (χ1v) is 7.40. The lowest BCUT2D eigenvalue weighted by Gasteiger charge is -2.24. The Labute approximate surface area is 114 Å². The van der Waals surface area contributed by atoms with E-state index in [1.165, 1.54) is 0 Å². The highest BCUT2D eigenvalue weighted by molar-refractivity contribution is 5.88. The summed E-state index contributed by atoms with van der Waals surface area (Å²) in [5.41, 5.74) is 0. The van der Waals surface area contributed by atoms with Crippen molar-refractivity contribution in [2.75, 3.05) is 19.8 Å². The fourth-order valence-electron chi connectivity index (χ4n) is 2.48. The molecule has 2 amide bonds. The van der Waals surface area contributed by atoms with Crippen LogP contribution in [0.1, 0.15) is 45.4 Å². The van der Waals surface area contributed by atoms with E-state index in [-0.39, 0.29) is 17.9 Å². The molecule has 1 saturated heterocycles. The first-order chi connectivity index (χ1) is 9.22. The van der Waals surface area contributed by atoms with E-state index in [0.29, 0.717) is 25.7 Å². The van der Waals surface area contributed by atoms with Gasteiger partial charge in [-0.05, 0) is 39.0 Å². The normalized spacial score (nSPS) is 22.6. The second-order valence-corrected chi connectivity index (χ2v) is 5.33. The molecule has 1 aliphatic carbocycles. The Morgan fingerprint density at radius 1 is 1.32 bits per heavy atom. The minimum atomic E-state index is -0.236. The van der Waals surface area contributed by atoms with E-state index in [9.17, 15) is 9.59 Å². The standard InChI is InChI=1S/C14H24N2O3/c1-2-19-10-4-6-13(17)16-9-3-5-12(16)14(18)15-11-7-8-11/h11-12H,2-10H2,1H3,(H,15,18). The summed E-state index contributed by atoms with van der Waals surface area (Å²) in [4.78, 5) is 25.9. The van der Waals surface area contributed by atoms with E-state index in [4.69, 9.17) is 4.74 Å². The number of carbonyl (C=O) groups excluding carboxylic acids is 2. The second kappa shape index (κ2) is 6.89. The molecule has 0 radical (unpaired) electrons. The van der Waals surface area contributed by atoms with Gasteiger partial charge in [-0.25, -0.2) is 0 Å². The number of nitrogens with one attached hydrogen (secondary N) is 1. The van der Waals surface area contributed by atoms with Crippen molar-refractivity contribution >= 4 is 11.8 Å². The third-order valence-electron chi connectivity index (χ3n) is 3.68. The van der Waals surface area contributed by atoms with Crippen molar-refractivity contribution in [3.05, 3.63) is 0 Å². The third kappa shape index (κ3) is 4.20. The molecular formula is C14H24N2O3. The van der Waals surface area contributed by atoms with Crippen molar-refractivity contribution in [2.24, 2.45) is 0 Å². The Morgan fingerprint density at radius 2 is 2.11 bits per heavy atom. The zero-order valence-electron chi connectivity index (χ0n) is 11.7. The average Bonchev–Trinajstić information content (AvgIpc) is 3.07. The molecule has 5 nitrogen and oxygen atoms in total. The molecule has 2 fully saturated rings. The SMILES string of the molecule is CCOCCCC(=O)N1CCCC1C(=O)NC1CC1. The first-order valence-electron chi connectivity index (χ1n) is 7.40. The molecule has 0 aromatic carbocycles. The number of amides is 2. The van der Waals surface area contributed by atoms with Crippen LogP contribution in [0.5, 0.6) is 0 Å². The summed E-state index contributed by atoms with van der Waals surface area (Å²) >= 11 is 0. The molecule has 1 unspecified atom stereocenters. The van der Waals surface area contributed by atoms with Crippen LogP contribution in [0.3, 0.4) is 0 Å². The van der Waals surface area contributed by atoms with Gasteiger partial charge >= 0.3 is 0 Å². The molecule has 1 heterocycles. The summed E-state index contributed by atoms with van der Waals surface area (Å²) in [7, 11) is 0. The Hall–Kier alpha value is -1.10. The predicted molar refractivity (Wildman–Crippen MR) is 71.6 cm³/mol. The summed E-state index contributed by atoms with van der Waals surface area (Å²) in [6.45, 7) is 3.97. The first kappa shape index (κ1) is 14.3. The summed E-state index contributed by atoms with van der Waals surface area (Å²) < 4.78 is 5.23. The van der Waals surface area contributed by atoms with Crippen molar-refractivity contribution in [1.29, 1.82) is 0 Å². The van der Waals surface area contributed by atoms with Crippen LogP contribution in [-0.4, -0.2) is 48.6 Å². The number of carbonyl (C=O) groups is 2. The highest BCUT2D eigenvalue weighted by Gasteiger charge is 2.35. The second-order valence-electron chi connectivity index (χ2n) is 5.33. The number of rotatable bonds is 7. The lowest BCUT2D eigenvalue weighted by Crippen LogP contribution is -2.46. The Balaban J connectivity index is 1.76. The number of nitrogens with zero attached hydrogens (tertiary/aromatic N) is 1. The highest BCUT2D eigenvalue weighted by atomic mass is 16.5. The molecule has 0 aromatic rings. The van der Waals surface area contributed by atoms with Gasteiger partial charge in [-0.3, -0.25) is 9.59 Å². The van der Waals surface area contributed by atoms with Crippen LogP contribution in [0.25, 0.3) is 0 Å². The van der Waals surface area contributed by atoms with Crippen molar-refractivity contribution in [1.82, 2.24) is 10.2 Å². The average molecular weight is 268 g/mol. The summed E-state index contributed by atoms with van der Waals surface area (Å²) in [5, 5.41) is 3.00. The molecule has 0 bridgehead atoms. The van der Waals surface area contributed by atoms with E-state index in [1.54, 1.807) is 4.90 Å². The minimum absolute atomic E-state index is 0.0400. The third-order valence-corrected chi connectivity index (χ3v) is 3.68. The Kier molecular flexibility index (Phi) is 5.19. The van der Waals surface area contributed by atoms with E-state index in [1.807, 2.05) is 6.92 Å². The largest absolute Gasteiger partial charge is 0.382 e. The Bertz CT molecular complexity index is 329. The lowest BCUT2D eigenvalue weighted by molar-refractivity contribution is -0.138. The van der Waals surface area contributed by atoms with E-state index < -0.39 is 0 Å². The van der Waals surface area contributed by atoms with Crippen molar-refractivity contribution in [3.8, 4) is 0 Å². The fraction of sp³-hybridized carbons (Fsp3) is 0.857. The Morgan fingerprint density at radius 3 is 2.79 bits per heavy atom. The van der Waals surface area contributed by atoms with Gasteiger partial charge < -0.3 is 15.0 Å². The van der Waals surface area contributed by atoms with Crippen molar-refractivity contribution in [3.63, 3.8) is 0 Å². The topological polar surface area (TPSA) is 58.6 Å². The zero-order chi connectivity index (χ0) is 13.7. The van der Waals surface area contributed by atoms with Crippen molar-refractivity contribution < 1.29 is 14.3 Å². The van der Waals surface area contributed by atoms with Gasteiger partial charge in [0.05, 0.1) is 0 Å². The number of hydrogen-bond donors (Lipinski definition) is 1. The summed E-state index contributed by atoms with van der Waals surface area (Å²) in [6, 6.07) is 0.128. The number of hydrogen-bond acceptors (Lipinski definition) is 3. The van der Waals surface area contributed by atoms with Gasteiger partial charge in [0.2, 0.25) is 11.8 Å². The predicted octanol–water partition coefficient (Wildman–Crippen LogP) is 1.07. The van der Waals surface area contributed by atoms with E-state index in [2.05, 4.69) is 5.32 Å². The summed E-state index contributed by atoms with van der Waals surface area (Å²) in [6.07, 6.45) is 5.12. The smallest absolute Gasteiger partial charge is 0.243 e. The molecule has 1 saturated carbocycles. The van der Waals surface area contributed by atoms with E-state index >= 15 is 0 Å². The van der Waals surface area contributed by atoms with Crippen molar-refractivity contribution in [2.45, 2.75) is 57.5 Å². The molecule has 0 aromatic heterocycles. The van der Waals surface area contributed by atoms with Gasteiger partial charge in [0.1, 0.15) is 6.04 Å². The molecule has 5 heteroatoms. The van der Waals surface area contributed by atoms with Gasteiger partial charge in [-0.15, -0.1) is 0 Å². The molecule has 19 heavy (non-hydrogen) atoms. The maximum atomic E-state index is 12.1. The monoisotopic (exact) mass is 268 g/mol. The van der Waals surface area contributed by atoms with Gasteiger partial charge in [-0.2, -0.15) is 0 Å². The molecule has 1 atom stereocenters. The van der Waals surface area contributed by atoms with Gasteiger partial charge in [0, 0.05) is 32.2 Å². The quantitative estimate of drug-likeness (QED) is 0.703. The zero-order valence-corrected chi connectivity index (χ0v) is 11.7. The van der Waals surface area contributed by atoms with Crippen LogP contribution in [0, 0.1) is 0 Å². The van der Waals surface area contributed by atoms with Gasteiger partial charge in [-0.1, -0.05) is 0 Å². The molecule has 0 spiro atoms. The van der Waals surface area contributed by atoms with Crippen LogP contribution >= 0.6 is 0 Å². The van der Waals surface area contributed by atoms with Crippen LogP contribution < -0.4 is 5.32 Å². The number of likely N-dealkylation sites (tertiary alicyclic amines) is 1.